The SMILES string of the molecule is CC(CS(C)(=O)=O)NC(=O)NC1C=CC(C(=O)O)C1. The van der Waals surface area contributed by atoms with Gasteiger partial charge in [0.25, 0.3) is 0 Å². The van der Waals surface area contributed by atoms with E-state index in [4.69, 9.17) is 5.11 Å². The summed E-state index contributed by atoms with van der Waals surface area (Å²) in [4.78, 5) is 22.3. The lowest BCUT2D eigenvalue weighted by Crippen LogP contribution is -2.46. The summed E-state index contributed by atoms with van der Waals surface area (Å²) >= 11 is 0. The van der Waals surface area contributed by atoms with Gasteiger partial charge in [-0.15, -0.1) is 0 Å². The van der Waals surface area contributed by atoms with Crippen LogP contribution in [-0.4, -0.2) is 49.6 Å². The Hall–Kier alpha value is -1.57. The van der Waals surface area contributed by atoms with Crippen molar-refractivity contribution < 1.29 is 23.1 Å². The molecule has 0 spiro atoms. The van der Waals surface area contributed by atoms with E-state index in [0.717, 1.165) is 6.26 Å². The van der Waals surface area contributed by atoms with Crippen LogP contribution in [0.15, 0.2) is 12.2 Å². The van der Waals surface area contributed by atoms with Crippen molar-refractivity contribution in [1.29, 1.82) is 0 Å². The molecule has 19 heavy (non-hydrogen) atoms. The number of carboxylic acids is 1. The molecule has 0 bridgehead atoms. The van der Waals surface area contributed by atoms with Gasteiger partial charge in [-0.25, -0.2) is 13.2 Å². The number of hydrogen-bond donors (Lipinski definition) is 3. The molecule has 3 atom stereocenters. The van der Waals surface area contributed by atoms with Crippen LogP contribution in [0.5, 0.6) is 0 Å². The standard InChI is InChI=1S/C11H18N2O5S/c1-7(6-19(2,17)18)12-11(16)13-9-4-3-8(5-9)10(14)15/h3-4,7-9H,5-6H2,1-2H3,(H,14,15)(H2,12,13,16). The molecule has 0 heterocycles. The van der Waals surface area contributed by atoms with Gasteiger partial charge in [0.15, 0.2) is 0 Å². The van der Waals surface area contributed by atoms with Gasteiger partial charge < -0.3 is 15.7 Å². The maximum absolute atomic E-state index is 11.6. The predicted octanol–water partition coefficient (Wildman–Crippen LogP) is -0.252. The number of rotatable bonds is 5. The summed E-state index contributed by atoms with van der Waals surface area (Å²) in [6, 6.07) is -1.35. The molecule has 1 aliphatic rings. The van der Waals surface area contributed by atoms with Gasteiger partial charge in [-0.2, -0.15) is 0 Å². The van der Waals surface area contributed by atoms with Crippen molar-refractivity contribution in [2.45, 2.75) is 25.4 Å². The largest absolute Gasteiger partial charge is 0.481 e. The van der Waals surface area contributed by atoms with Crippen LogP contribution >= 0.6 is 0 Å². The lowest BCUT2D eigenvalue weighted by molar-refractivity contribution is -0.140. The Kier molecular flexibility index (Phi) is 4.93. The molecule has 1 aliphatic carbocycles. The van der Waals surface area contributed by atoms with Gasteiger partial charge in [0.2, 0.25) is 0 Å². The third-order valence-corrected chi connectivity index (χ3v) is 3.75. The number of nitrogens with one attached hydrogen (secondary N) is 2. The molecular formula is C11H18N2O5S. The number of aliphatic carboxylic acids is 1. The quantitative estimate of drug-likeness (QED) is 0.604. The minimum atomic E-state index is -3.15. The first-order valence-electron chi connectivity index (χ1n) is 5.83. The van der Waals surface area contributed by atoms with E-state index in [1.54, 1.807) is 13.0 Å². The monoisotopic (exact) mass is 290 g/mol. The van der Waals surface area contributed by atoms with Gasteiger partial charge in [0, 0.05) is 12.3 Å². The molecule has 3 N–H and O–H groups in total. The second-order valence-electron chi connectivity index (χ2n) is 4.78. The van der Waals surface area contributed by atoms with E-state index < -0.39 is 33.8 Å². The Labute approximate surface area is 112 Å². The summed E-state index contributed by atoms with van der Waals surface area (Å²) in [7, 11) is -3.15. The number of amides is 2. The molecule has 0 saturated carbocycles. The molecule has 7 nitrogen and oxygen atoms in total. The van der Waals surface area contributed by atoms with Crippen LogP contribution < -0.4 is 10.6 Å². The lowest BCUT2D eigenvalue weighted by atomic mass is 10.1. The summed E-state index contributed by atoms with van der Waals surface area (Å²) in [5, 5.41) is 13.9. The maximum atomic E-state index is 11.6. The Morgan fingerprint density at radius 2 is 2.05 bits per heavy atom. The Bertz CT molecular complexity index is 485. The molecule has 0 aliphatic heterocycles. The van der Waals surface area contributed by atoms with Crippen molar-refractivity contribution in [2.75, 3.05) is 12.0 Å². The molecule has 0 aromatic rings. The zero-order valence-electron chi connectivity index (χ0n) is 10.8. The highest BCUT2D eigenvalue weighted by Gasteiger charge is 2.25. The molecule has 8 heteroatoms. The van der Waals surface area contributed by atoms with E-state index in [9.17, 15) is 18.0 Å². The first kappa shape index (κ1) is 15.5. The van der Waals surface area contributed by atoms with Crippen LogP contribution in [0.25, 0.3) is 0 Å². The van der Waals surface area contributed by atoms with Crippen LogP contribution in [0.3, 0.4) is 0 Å². The second kappa shape index (κ2) is 6.05. The fraction of sp³-hybridized carbons (Fsp3) is 0.636. The molecule has 0 aromatic carbocycles. The summed E-state index contributed by atoms with van der Waals surface area (Å²) in [6.07, 6.45) is 4.57. The molecule has 3 unspecified atom stereocenters. The molecule has 1 rings (SSSR count). The third-order valence-electron chi connectivity index (χ3n) is 2.65. The van der Waals surface area contributed by atoms with E-state index in [2.05, 4.69) is 10.6 Å². The highest BCUT2D eigenvalue weighted by Crippen LogP contribution is 2.17. The van der Waals surface area contributed by atoms with Crippen LogP contribution in [0.1, 0.15) is 13.3 Å². The molecule has 0 aromatic heterocycles. The van der Waals surface area contributed by atoms with Crippen LogP contribution in [0.2, 0.25) is 0 Å². The van der Waals surface area contributed by atoms with Crippen LogP contribution in [0.4, 0.5) is 4.79 Å². The van der Waals surface area contributed by atoms with Gasteiger partial charge in [-0.1, -0.05) is 12.2 Å². The summed E-state index contributed by atoms with van der Waals surface area (Å²) in [5.41, 5.74) is 0. The number of carbonyl (C=O) groups is 2. The number of sulfone groups is 1. The summed E-state index contributed by atoms with van der Waals surface area (Å²) in [5.74, 6) is -1.65. The number of hydrogen-bond acceptors (Lipinski definition) is 4. The van der Waals surface area contributed by atoms with Crippen molar-refractivity contribution in [2.24, 2.45) is 5.92 Å². The highest BCUT2D eigenvalue weighted by molar-refractivity contribution is 7.90. The van der Waals surface area contributed by atoms with E-state index >= 15 is 0 Å². The first-order valence-corrected chi connectivity index (χ1v) is 7.89. The zero-order chi connectivity index (χ0) is 14.6. The van der Waals surface area contributed by atoms with Gasteiger partial charge in [-0.05, 0) is 13.3 Å². The number of carbonyl (C=O) groups excluding carboxylic acids is 1. The molecule has 2 amide bonds. The average Bonchev–Trinajstić information content (AvgIpc) is 2.62. The normalized spacial score (nSPS) is 23.9. The molecule has 108 valence electrons. The van der Waals surface area contributed by atoms with E-state index in [0.29, 0.717) is 6.42 Å². The van der Waals surface area contributed by atoms with Gasteiger partial charge in [-0.3, -0.25) is 4.79 Å². The molecule has 0 saturated heterocycles. The van der Waals surface area contributed by atoms with Gasteiger partial charge in [0.1, 0.15) is 9.84 Å². The third kappa shape index (κ3) is 5.73. The second-order valence-corrected chi connectivity index (χ2v) is 6.97. The minimum Gasteiger partial charge on any atom is -0.481 e. The molecule has 0 radical (unpaired) electrons. The predicted molar refractivity (Wildman–Crippen MR) is 69.5 cm³/mol. The highest BCUT2D eigenvalue weighted by atomic mass is 32.2. The summed E-state index contributed by atoms with van der Waals surface area (Å²) < 4.78 is 22.1. The van der Waals surface area contributed by atoms with Gasteiger partial charge >= 0.3 is 12.0 Å². The number of urea groups is 1. The lowest BCUT2D eigenvalue weighted by Gasteiger charge is -2.16. The van der Waals surface area contributed by atoms with Crippen molar-refractivity contribution >= 4 is 21.8 Å². The minimum absolute atomic E-state index is 0.140. The first-order chi connectivity index (χ1) is 8.67. The van der Waals surface area contributed by atoms with Crippen molar-refractivity contribution in [3.8, 4) is 0 Å². The van der Waals surface area contributed by atoms with Crippen LogP contribution in [0, 0.1) is 5.92 Å². The Balaban J connectivity index is 2.37. The van der Waals surface area contributed by atoms with Crippen molar-refractivity contribution in [3.05, 3.63) is 12.2 Å². The topological polar surface area (TPSA) is 113 Å². The number of carboxylic acid groups (broad SMARTS) is 1. The average molecular weight is 290 g/mol. The van der Waals surface area contributed by atoms with E-state index in [1.165, 1.54) is 6.08 Å². The fourth-order valence-electron chi connectivity index (χ4n) is 1.92. The summed E-state index contributed by atoms with van der Waals surface area (Å²) in [6.45, 7) is 1.59. The maximum Gasteiger partial charge on any atom is 0.315 e. The fourth-order valence-corrected chi connectivity index (χ4v) is 2.91. The van der Waals surface area contributed by atoms with Crippen molar-refractivity contribution in [1.82, 2.24) is 10.6 Å². The zero-order valence-corrected chi connectivity index (χ0v) is 11.6. The smallest absolute Gasteiger partial charge is 0.315 e. The van der Waals surface area contributed by atoms with Gasteiger partial charge in [0.05, 0.1) is 17.7 Å². The van der Waals surface area contributed by atoms with Crippen LogP contribution in [-0.2, 0) is 14.6 Å². The molecule has 0 fully saturated rings. The Morgan fingerprint density at radius 1 is 1.42 bits per heavy atom. The van der Waals surface area contributed by atoms with E-state index in [1.807, 2.05) is 0 Å². The molecular weight excluding hydrogens is 272 g/mol. The van der Waals surface area contributed by atoms with Crippen molar-refractivity contribution in [3.63, 3.8) is 0 Å². The van der Waals surface area contributed by atoms with E-state index in [-0.39, 0.29) is 11.8 Å². The Morgan fingerprint density at radius 3 is 2.53 bits per heavy atom.